The minimum absolute atomic E-state index is 0.192. The van der Waals surface area contributed by atoms with Gasteiger partial charge in [-0.3, -0.25) is 9.44 Å². The van der Waals surface area contributed by atoms with E-state index in [1.807, 2.05) is 0 Å². The van der Waals surface area contributed by atoms with Crippen molar-refractivity contribution < 1.29 is 26.3 Å². The Hall–Kier alpha value is -2.46. The van der Waals surface area contributed by atoms with Crippen LogP contribution < -0.4 is 18.9 Å². The number of ether oxygens (including phenoxy) is 2. The summed E-state index contributed by atoms with van der Waals surface area (Å²) in [5, 5.41) is 0. The third-order valence-corrected chi connectivity index (χ3v) is 6.54. The Balaban J connectivity index is 1.87. The van der Waals surface area contributed by atoms with E-state index in [2.05, 4.69) is 9.44 Å². The van der Waals surface area contributed by atoms with Crippen molar-refractivity contribution in [3.63, 3.8) is 0 Å². The van der Waals surface area contributed by atoms with Crippen molar-refractivity contribution in [2.24, 2.45) is 0 Å². The van der Waals surface area contributed by atoms with E-state index >= 15 is 0 Å². The molecule has 0 bridgehead atoms. The standard InChI is InChI=1S/C18H24N2O6S2/c1-25-17-11-5-3-9-15(17)19-27(21,22)13-7-8-14-28(23,24)20-16-10-4-6-12-18(16)26-2/h3-6,9-12,19-20H,7-8,13-14H2,1-2H3. The molecule has 8 nitrogen and oxygen atoms in total. The SMILES string of the molecule is COc1ccccc1NS(=O)(=O)CCCCS(=O)(=O)Nc1ccccc1OC. The predicted molar refractivity (Wildman–Crippen MR) is 110 cm³/mol. The van der Waals surface area contributed by atoms with E-state index in [4.69, 9.17) is 9.47 Å². The molecule has 0 atom stereocenters. The average molecular weight is 429 g/mol. The monoisotopic (exact) mass is 428 g/mol. The quantitative estimate of drug-likeness (QED) is 0.533. The van der Waals surface area contributed by atoms with Gasteiger partial charge in [0, 0.05) is 0 Å². The Morgan fingerprint density at radius 2 is 1.04 bits per heavy atom. The summed E-state index contributed by atoms with van der Waals surface area (Å²) < 4.78 is 64.0. The second-order valence-corrected chi connectivity index (χ2v) is 9.63. The molecule has 0 radical (unpaired) electrons. The maximum absolute atomic E-state index is 12.2. The topological polar surface area (TPSA) is 111 Å². The maximum Gasteiger partial charge on any atom is 0.232 e. The van der Waals surface area contributed by atoms with Gasteiger partial charge in [0.25, 0.3) is 0 Å². The van der Waals surface area contributed by atoms with E-state index in [0.29, 0.717) is 22.9 Å². The Morgan fingerprint density at radius 3 is 1.39 bits per heavy atom. The number of unbranched alkanes of at least 4 members (excludes halogenated alkanes) is 1. The van der Waals surface area contributed by atoms with Crippen LogP contribution in [0.25, 0.3) is 0 Å². The van der Waals surface area contributed by atoms with Crippen molar-refractivity contribution in [2.75, 3.05) is 35.2 Å². The highest BCUT2D eigenvalue weighted by Gasteiger charge is 2.16. The summed E-state index contributed by atoms with van der Waals surface area (Å²) in [6.45, 7) is 0. The fourth-order valence-corrected chi connectivity index (χ4v) is 4.86. The fraction of sp³-hybridized carbons (Fsp3) is 0.333. The van der Waals surface area contributed by atoms with Crippen LogP contribution in [-0.2, 0) is 20.0 Å². The van der Waals surface area contributed by atoms with E-state index in [0.717, 1.165) is 0 Å². The molecule has 0 amide bonds. The average Bonchev–Trinajstić information content (AvgIpc) is 2.65. The maximum atomic E-state index is 12.2. The number of hydrogen-bond acceptors (Lipinski definition) is 6. The molecule has 0 fully saturated rings. The van der Waals surface area contributed by atoms with Gasteiger partial charge in [-0.2, -0.15) is 0 Å². The van der Waals surface area contributed by atoms with E-state index in [9.17, 15) is 16.8 Å². The van der Waals surface area contributed by atoms with Gasteiger partial charge in [-0.25, -0.2) is 16.8 Å². The van der Waals surface area contributed by atoms with Crippen molar-refractivity contribution in [1.82, 2.24) is 0 Å². The highest BCUT2D eigenvalue weighted by molar-refractivity contribution is 7.93. The molecular formula is C18H24N2O6S2. The van der Waals surface area contributed by atoms with Crippen LogP contribution in [0.3, 0.4) is 0 Å². The number of benzene rings is 2. The van der Waals surface area contributed by atoms with E-state index < -0.39 is 20.0 Å². The van der Waals surface area contributed by atoms with Crippen LogP contribution in [0, 0.1) is 0 Å². The Labute approximate surface area is 166 Å². The molecule has 0 spiro atoms. The van der Waals surface area contributed by atoms with Gasteiger partial charge in [0.2, 0.25) is 20.0 Å². The minimum atomic E-state index is -3.62. The van der Waals surface area contributed by atoms with Gasteiger partial charge < -0.3 is 9.47 Å². The van der Waals surface area contributed by atoms with Crippen LogP contribution in [-0.4, -0.2) is 42.6 Å². The van der Waals surface area contributed by atoms with Gasteiger partial charge in [0.1, 0.15) is 11.5 Å². The summed E-state index contributed by atoms with van der Waals surface area (Å²) in [4.78, 5) is 0. The van der Waals surface area contributed by atoms with Crippen LogP contribution in [0.4, 0.5) is 11.4 Å². The molecule has 10 heteroatoms. The largest absolute Gasteiger partial charge is 0.495 e. The van der Waals surface area contributed by atoms with Gasteiger partial charge in [0.15, 0.2) is 0 Å². The zero-order valence-corrected chi connectivity index (χ0v) is 17.3. The zero-order chi connectivity index (χ0) is 20.6. The number of methoxy groups -OCH3 is 2. The number of hydrogen-bond donors (Lipinski definition) is 2. The van der Waals surface area contributed by atoms with Crippen LogP contribution in [0.2, 0.25) is 0 Å². The van der Waals surface area contributed by atoms with Crippen molar-refractivity contribution in [2.45, 2.75) is 12.8 Å². The lowest BCUT2D eigenvalue weighted by atomic mass is 10.3. The molecule has 0 saturated heterocycles. The van der Waals surface area contributed by atoms with Gasteiger partial charge in [-0.1, -0.05) is 24.3 Å². The Morgan fingerprint density at radius 1 is 0.679 bits per heavy atom. The summed E-state index contributed by atoms with van der Waals surface area (Å²) in [5.74, 6) is 0.425. The number of para-hydroxylation sites is 4. The van der Waals surface area contributed by atoms with Gasteiger partial charge in [-0.15, -0.1) is 0 Å². The van der Waals surface area contributed by atoms with Crippen LogP contribution >= 0.6 is 0 Å². The summed E-state index contributed by atoms with van der Waals surface area (Å²) in [6, 6.07) is 13.3. The first-order valence-electron chi connectivity index (χ1n) is 8.53. The lowest BCUT2D eigenvalue weighted by molar-refractivity contribution is 0.417. The number of nitrogens with one attached hydrogen (secondary N) is 2. The molecule has 2 aromatic carbocycles. The van der Waals surface area contributed by atoms with Crippen molar-refractivity contribution in [3.8, 4) is 11.5 Å². The summed E-state index contributed by atoms with van der Waals surface area (Å²) >= 11 is 0. The normalized spacial score (nSPS) is 11.6. The lowest BCUT2D eigenvalue weighted by Crippen LogP contribution is -2.20. The van der Waals surface area contributed by atoms with Gasteiger partial charge in [-0.05, 0) is 37.1 Å². The van der Waals surface area contributed by atoms with Crippen LogP contribution in [0.5, 0.6) is 11.5 Å². The molecular weight excluding hydrogens is 404 g/mol. The number of sulfonamides is 2. The van der Waals surface area contributed by atoms with Crippen molar-refractivity contribution in [3.05, 3.63) is 48.5 Å². The van der Waals surface area contributed by atoms with E-state index in [-0.39, 0.29) is 24.3 Å². The number of rotatable bonds is 11. The van der Waals surface area contributed by atoms with Gasteiger partial charge >= 0.3 is 0 Å². The molecule has 0 aromatic heterocycles. The number of anilines is 2. The zero-order valence-electron chi connectivity index (χ0n) is 15.7. The summed E-state index contributed by atoms with van der Waals surface area (Å²) in [5.41, 5.74) is 0.686. The molecule has 0 aliphatic heterocycles. The molecule has 0 unspecified atom stereocenters. The first-order valence-corrected chi connectivity index (χ1v) is 11.8. The predicted octanol–water partition coefficient (Wildman–Crippen LogP) is 2.67. The highest BCUT2D eigenvalue weighted by atomic mass is 32.2. The molecule has 154 valence electrons. The molecule has 28 heavy (non-hydrogen) atoms. The molecule has 2 aromatic rings. The van der Waals surface area contributed by atoms with Crippen LogP contribution in [0.15, 0.2) is 48.5 Å². The third kappa shape index (κ3) is 6.61. The van der Waals surface area contributed by atoms with Crippen molar-refractivity contribution >= 4 is 31.4 Å². The fourth-order valence-electron chi connectivity index (χ4n) is 2.48. The molecule has 0 aliphatic carbocycles. The second-order valence-electron chi connectivity index (χ2n) is 5.95. The van der Waals surface area contributed by atoms with E-state index in [1.54, 1.807) is 48.5 Å². The van der Waals surface area contributed by atoms with Crippen LogP contribution in [0.1, 0.15) is 12.8 Å². The highest BCUT2D eigenvalue weighted by Crippen LogP contribution is 2.25. The molecule has 0 saturated carbocycles. The van der Waals surface area contributed by atoms with Gasteiger partial charge in [0.05, 0.1) is 37.1 Å². The first-order chi connectivity index (χ1) is 13.3. The minimum Gasteiger partial charge on any atom is -0.495 e. The molecule has 2 N–H and O–H groups in total. The molecule has 0 aliphatic rings. The molecule has 2 rings (SSSR count). The Kier molecular flexibility index (Phi) is 7.53. The lowest BCUT2D eigenvalue weighted by Gasteiger charge is -2.12. The Bertz CT molecular complexity index is 909. The van der Waals surface area contributed by atoms with Crippen molar-refractivity contribution in [1.29, 1.82) is 0 Å². The molecule has 0 heterocycles. The van der Waals surface area contributed by atoms with E-state index in [1.165, 1.54) is 14.2 Å². The first kappa shape index (κ1) is 21.8. The second kappa shape index (κ2) is 9.65. The third-order valence-electron chi connectivity index (χ3n) is 3.82. The summed E-state index contributed by atoms with van der Waals surface area (Å²) in [6.07, 6.45) is 0.384. The smallest absolute Gasteiger partial charge is 0.232 e. The summed E-state index contributed by atoms with van der Waals surface area (Å²) in [7, 11) is -4.34.